The van der Waals surface area contributed by atoms with Crippen LogP contribution in [0.1, 0.15) is 24.8 Å². The molecule has 4 nitrogen and oxygen atoms in total. The van der Waals surface area contributed by atoms with Crippen LogP contribution >= 0.6 is 11.6 Å². The first-order valence-electron chi connectivity index (χ1n) is 5.77. The number of hydrogen-bond acceptors (Lipinski definition) is 4. The maximum absolute atomic E-state index is 12.1. The fourth-order valence-electron chi connectivity index (χ4n) is 1.84. The van der Waals surface area contributed by atoms with Crippen LogP contribution in [-0.4, -0.2) is 32.5 Å². The summed E-state index contributed by atoms with van der Waals surface area (Å²) < 4.78 is 12.1. The maximum Gasteiger partial charge on any atom is 0.219 e. The van der Waals surface area contributed by atoms with Gasteiger partial charge in [-0.25, -0.2) is 9.97 Å². The second kappa shape index (κ2) is 5.89. The first-order valence-corrected chi connectivity index (χ1v) is 7.47. The van der Waals surface area contributed by atoms with Crippen molar-refractivity contribution < 1.29 is 4.21 Å². The SMILES string of the molecule is Cc1cnc([S@@](=O)C[C@@H]2CCCCN2)nc1Cl. The molecule has 0 saturated carbocycles. The number of nitrogens with zero attached hydrogens (tertiary/aromatic N) is 2. The molecule has 2 heterocycles. The van der Waals surface area contributed by atoms with Gasteiger partial charge in [-0.3, -0.25) is 4.21 Å². The summed E-state index contributed by atoms with van der Waals surface area (Å²) in [7, 11) is -1.17. The Morgan fingerprint density at radius 3 is 3.06 bits per heavy atom. The molecule has 17 heavy (non-hydrogen) atoms. The molecule has 0 radical (unpaired) electrons. The van der Waals surface area contributed by atoms with Crippen LogP contribution in [0.4, 0.5) is 0 Å². The molecule has 1 saturated heterocycles. The van der Waals surface area contributed by atoms with Crippen LogP contribution in [0, 0.1) is 6.92 Å². The number of rotatable bonds is 3. The third kappa shape index (κ3) is 3.47. The van der Waals surface area contributed by atoms with E-state index in [9.17, 15) is 4.21 Å². The molecule has 0 aliphatic carbocycles. The van der Waals surface area contributed by atoms with Crippen molar-refractivity contribution in [3.8, 4) is 0 Å². The lowest BCUT2D eigenvalue weighted by Gasteiger charge is -2.22. The summed E-state index contributed by atoms with van der Waals surface area (Å²) >= 11 is 5.90. The third-order valence-corrected chi connectivity index (χ3v) is 4.55. The quantitative estimate of drug-likeness (QED) is 0.673. The standard InChI is InChI=1S/C11H16ClN3OS/c1-8-6-14-11(15-10(8)12)17(16)7-9-4-2-3-5-13-9/h6,9,13H,2-5,7H2,1H3/t9-,17-/m0/s1. The van der Waals surface area contributed by atoms with Crippen LogP contribution < -0.4 is 5.32 Å². The Hall–Kier alpha value is -0.520. The van der Waals surface area contributed by atoms with E-state index in [-0.39, 0.29) is 0 Å². The Labute approximate surface area is 109 Å². The summed E-state index contributed by atoms with van der Waals surface area (Å²) in [6, 6.07) is 0.313. The van der Waals surface area contributed by atoms with Gasteiger partial charge in [0, 0.05) is 23.6 Å². The summed E-state index contributed by atoms with van der Waals surface area (Å²) in [6.07, 6.45) is 5.10. The molecule has 1 aromatic rings. The molecule has 0 spiro atoms. The minimum Gasteiger partial charge on any atom is -0.313 e. The van der Waals surface area contributed by atoms with Gasteiger partial charge < -0.3 is 5.32 Å². The fourth-order valence-corrected chi connectivity index (χ4v) is 3.18. The lowest BCUT2D eigenvalue weighted by atomic mass is 10.1. The summed E-state index contributed by atoms with van der Waals surface area (Å²) in [5.74, 6) is 0.569. The molecule has 2 rings (SSSR count). The zero-order valence-electron chi connectivity index (χ0n) is 9.78. The van der Waals surface area contributed by atoms with Crippen molar-refractivity contribution in [2.75, 3.05) is 12.3 Å². The number of aromatic nitrogens is 2. The van der Waals surface area contributed by atoms with Gasteiger partial charge in [0.25, 0.3) is 0 Å². The van der Waals surface area contributed by atoms with E-state index in [0.29, 0.717) is 22.1 Å². The zero-order chi connectivity index (χ0) is 12.3. The van der Waals surface area contributed by atoms with Crippen molar-refractivity contribution in [1.29, 1.82) is 0 Å². The van der Waals surface area contributed by atoms with Gasteiger partial charge >= 0.3 is 0 Å². The van der Waals surface area contributed by atoms with Gasteiger partial charge in [0.1, 0.15) is 5.15 Å². The largest absolute Gasteiger partial charge is 0.313 e. The summed E-state index contributed by atoms with van der Waals surface area (Å²) in [5.41, 5.74) is 0.809. The topological polar surface area (TPSA) is 54.9 Å². The van der Waals surface area contributed by atoms with Crippen LogP contribution in [0.15, 0.2) is 11.4 Å². The van der Waals surface area contributed by atoms with Gasteiger partial charge in [-0.1, -0.05) is 18.0 Å². The van der Waals surface area contributed by atoms with Gasteiger partial charge in [-0.15, -0.1) is 0 Å². The van der Waals surface area contributed by atoms with E-state index in [2.05, 4.69) is 15.3 Å². The first kappa shape index (κ1) is 12.9. The van der Waals surface area contributed by atoms with E-state index in [4.69, 9.17) is 11.6 Å². The highest BCUT2D eigenvalue weighted by atomic mass is 35.5. The van der Waals surface area contributed by atoms with Crippen molar-refractivity contribution in [3.63, 3.8) is 0 Å². The first-order chi connectivity index (χ1) is 8.16. The highest BCUT2D eigenvalue weighted by Crippen LogP contribution is 2.14. The normalized spacial score (nSPS) is 22.4. The second-order valence-electron chi connectivity index (χ2n) is 4.29. The second-order valence-corrected chi connectivity index (χ2v) is 6.03. The lowest BCUT2D eigenvalue weighted by molar-refractivity contribution is 0.427. The molecule has 1 aliphatic rings. The van der Waals surface area contributed by atoms with E-state index in [0.717, 1.165) is 18.5 Å². The van der Waals surface area contributed by atoms with Crippen molar-refractivity contribution in [3.05, 3.63) is 16.9 Å². The van der Waals surface area contributed by atoms with E-state index in [1.54, 1.807) is 6.20 Å². The summed E-state index contributed by atoms with van der Waals surface area (Å²) in [5, 5.41) is 4.09. The van der Waals surface area contributed by atoms with Crippen molar-refractivity contribution in [1.82, 2.24) is 15.3 Å². The van der Waals surface area contributed by atoms with Crippen LogP contribution in [-0.2, 0) is 10.8 Å². The minimum absolute atomic E-state index is 0.313. The smallest absolute Gasteiger partial charge is 0.219 e. The van der Waals surface area contributed by atoms with Gasteiger partial charge in [0.05, 0.1) is 10.8 Å². The van der Waals surface area contributed by atoms with Crippen molar-refractivity contribution in [2.24, 2.45) is 0 Å². The predicted molar refractivity (Wildman–Crippen MR) is 68.7 cm³/mol. The molecule has 0 amide bonds. The molecule has 2 atom stereocenters. The Kier molecular flexibility index (Phi) is 4.48. The Bertz CT molecular complexity index is 421. The predicted octanol–water partition coefficient (Wildman–Crippen LogP) is 1.69. The van der Waals surface area contributed by atoms with Crippen molar-refractivity contribution >= 4 is 22.4 Å². The van der Waals surface area contributed by atoms with Gasteiger partial charge in [0.2, 0.25) is 5.16 Å². The molecular formula is C11H16ClN3OS. The van der Waals surface area contributed by atoms with E-state index in [1.165, 1.54) is 12.8 Å². The molecule has 0 aromatic carbocycles. The average Bonchev–Trinajstić information content (AvgIpc) is 2.34. The van der Waals surface area contributed by atoms with Crippen LogP contribution in [0.3, 0.4) is 0 Å². The molecule has 94 valence electrons. The maximum atomic E-state index is 12.1. The number of halogens is 1. The summed E-state index contributed by atoms with van der Waals surface area (Å²) in [4.78, 5) is 8.15. The van der Waals surface area contributed by atoms with Crippen molar-refractivity contribution in [2.45, 2.75) is 37.4 Å². The monoisotopic (exact) mass is 273 g/mol. The molecule has 0 unspecified atom stereocenters. The number of nitrogens with one attached hydrogen (secondary N) is 1. The van der Waals surface area contributed by atoms with Gasteiger partial charge in [0.15, 0.2) is 0 Å². The molecule has 1 N–H and O–H groups in total. The fraction of sp³-hybridized carbons (Fsp3) is 0.636. The molecule has 0 bridgehead atoms. The third-order valence-electron chi connectivity index (χ3n) is 2.86. The Morgan fingerprint density at radius 2 is 2.41 bits per heavy atom. The molecule has 1 aliphatic heterocycles. The number of piperidine rings is 1. The Balaban J connectivity index is 2.01. The highest BCUT2D eigenvalue weighted by Gasteiger charge is 2.18. The van der Waals surface area contributed by atoms with E-state index < -0.39 is 10.8 Å². The van der Waals surface area contributed by atoms with Gasteiger partial charge in [-0.2, -0.15) is 0 Å². The zero-order valence-corrected chi connectivity index (χ0v) is 11.4. The minimum atomic E-state index is -1.17. The van der Waals surface area contributed by atoms with Gasteiger partial charge in [-0.05, 0) is 26.3 Å². The van der Waals surface area contributed by atoms with E-state index in [1.807, 2.05) is 6.92 Å². The highest BCUT2D eigenvalue weighted by molar-refractivity contribution is 7.84. The lowest BCUT2D eigenvalue weighted by Crippen LogP contribution is -2.38. The Morgan fingerprint density at radius 1 is 1.59 bits per heavy atom. The average molecular weight is 274 g/mol. The van der Waals surface area contributed by atoms with Crippen LogP contribution in [0.2, 0.25) is 5.15 Å². The van der Waals surface area contributed by atoms with Crippen LogP contribution in [0.5, 0.6) is 0 Å². The summed E-state index contributed by atoms with van der Waals surface area (Å²) in [6.45, 7) is 2.84. The van der Waals surface area contributed by atoms with E-state index >= 15 is 0 Å². The molecule has 1 aromatic heterocycles. The number of hydrogen-bond donors (Lipinski definition) is 1. The molecule has 1 fully saturated rings. The number of aryl methyl sites for hydroxylation is 1. The van der Waals surface area contributed by atoms with Crippen LogP contribution in [0.25, 0.3) is 0 Å². The molecular weight excluding hydrogens is 258 g/mol. The molecule has 6 heteroatoms.